The molecule has 0 saturated carbocycles. The maximum Gasteiger partial charge on any atom is 0.416 e. The minimum atomic E-state index is -4.27. The fourth-order valence-corrected chi connectivity index (χ4v) is 1.36. The Hall–Kier alpha value is -1.47. The third-order valence-corrected chi connectivity index (χ3v) is 2.29. The molecule has 0 amide bonds. The van der Waals surface area contributed by atoms with Gasteiger partial charge in [-0.05, 0) is 30.7 Å². The number of hydrogen-bond donors (Lipinski definition) is 1. The van der Waals surface area contributed by atoms with Crippen molar-refractivity contribution in [2.45, 2.75) is 25.6 Å². The van der Waals surface area contributed by atoms with Crippen molar-refractivity contribution >= 4 is 0 Å². The molecule has 92 valence electrons. The smallest absolute Gasteiger partial charge is 0.313 e. The number of benzene rings is 1. The molecule has 0 atom stereocenters. The Morgan fingerprint density at radius 2 is 1.82 bits per heavy atom. The Labute approximate surface area is 99.0 Å². The molecule has 0 aliphatic heterocycles. The highest BCUT2D eigenvalue weighted by Crippen LogP contribution is 2.28. The number of terminal acetylenes is 1. The lowest BCUT2D eigenvalue weighted by atomic mass is 10.1. The van der Waals surface area contributed by atoms with E-state index in [0.29, 0.717) is 13.0 Å². The van der Waals surface area contributed by atoms with Crippen molar-refractivity contribution in [3.8, 4) is 12.3 Å². The molecule has 0 radical (unpaired) electrons. The molecule has 0 aromatic heterocycles. The summed E-state index contributed by atoms with van der Waals surface area (Å²) in [6, 6.07) is 5.16. The van der Waals surface area contributed by atoms with Crippen molar-refractivity contribution in [3.63, 3.8) is 0 Å². The number of nitrogens with one attached hydrogen (secondary N) is 1. The number of hydrogen-bond acceptors (Lipinski definition) is 1. The number of alkyl halides is 3. The van der Waals surface area contributed by atoms with Crippen LogP contribution in [-0.2, 0) is 12.7 Å². The molecule has 17 heavy (non-hydrogen) atoms. The van der Waals surface area contributed by atoms with Crippen LogP contribution in [0.4, 0.5) is 13.2 Å². The Balaban J connectivity index is 2.39. The molecule has 0 saturated heterocycles. The lowest BCUT2D eigenvalue weighted by Gasteiger charge is -2.08. The molecule has 1 nitrogen and oxygen atoms in total. The summed E-state index contributed by atoms with van der Waals surface area (Å²) >= 11 is 0. The first kappa shape index (κ1) is 13.6. The van der Waals surface area contributed by atoms with Gasteiger partial charge in [0.15, 0.2) is 0 Å². The van der Waals surface area contributed by atoms with Crippen molar-refractivity contribution in [1.29, 1.82) is 0 Å². The van der Waals surface area contributed by atoms with Crippen LogP contribution in [0.5, 0.6) is 0 Å². The van der Waals surface area contributed by atoms with E-state index in [4.69, 9.17) is 6.42 Å². The fraction of sp³-hybridized carbons (Fsp3) is 0.385. The van der Waals surface area contributed by atoms with Gasteiger partial charge in [-0.3, -0.25) is 0 Å². The van der Waals surface area contributed by atoms with E-state index in [-0.39, 0.29) is 0 Å². The molecule has 0 fully saturated rings. The van der Waals surface area contributed by atoms with Gasteiger partial charge in [0.25, 0.3) is 0 Å². The number of unbranched alkanes of at least 4 members (excludes halogenated alkanes) is 1. The first-order valence-electron chi connectivity index (χ1n) is 5.34. The zero-order chi connectivity index (χ0) is 12.7. The second kappa shape index (κ2) is 6.31. The lowest BCUT2D eigenvalue weighted by Crippen LogP contribution is -2.14. The van der Waals surface area contributed by atoms with Gasteiger partial charge >= 0.3 is 6.18 Å². The zero-order valence-electron chi connectivity index (χ0n) is 9.35. The van der Waals surface area contributed by atoms with E-state index < -0.39 is 11.7 Å². The molecule has 0 aliphatic rings. The van der Waals surface area contributed by atoms with E-state index in [9.17, 15) is 13.2 Å². The molecule has 1 rings (SSSR count). The highest BCUT2D eigenvalue weighted by Gasteiger charge is 2.29. The molecule has 0 unspecified atom stereocenters. The molecule has 0 bridgehead atoms. The molecule has 0 spiro atoms. The first-order valence-corrected chi connectivity index (χ1v) is 5.34. The summed E-state index contributed by atoms with van der Waals surface area (Å²) in [5.41, 5.74) is 0.215. The third kappa shape index (κ3) is 4.92. The second-order valence-corrected chi connectivity index (χ2v) is 3.68. The van der Waals surface area contributed by atoms with Gasteiger partial charge in [-0.2, -0.15) is 13.2 Å². The Morgan fingerprint density at radius 1 is 1.18 bits per heavy atom. The van der Waals surface area contributed by atoms with Crippen LogP contribution in [0.1, 0.15) is 24.0 Å². The van der Waals surface area contributed by atoms with Crippen LogP contribution in [0.3, 0.4) is 0 Å². The van der Waals surface area contributed by atoms with Crippen molar-refractivity contribution in [2.24, 2.45) is 0 Å². The van der Waals surface area contributed by atoms with Crippen molar-refractivity contribution in [1.82, 2.24) is 5.32 Å². The van der Waals surface area contributed by atoms with E-state index in [1.807, 2.05) is 0 Å². The normalized spacial score (nSPS) is 11.2. The van der Waals surface area contributed by atoms with Crippen LogP contribution in [-0.4, -0.2) is 6.54 Å². The van der Waals surface area contributed by atoms with E-state index >= 15 is 0 Å². The monoisotopic (exact) mass is 241 g/mol. The van der Waals surface area contributed by atoms with E-state index in [2.05, 4.69) is 11.2 Å². The molecular formula is C13H14F3N. The summed E-state index contributed by atoms with van der Waals surface area (Å²) in [4.78, 5) is 0. The van der Waals surface area contributed by atoms with Gasteiger partial charge in [0.1, 0.15) is 0 Å². The maximum absolute atomic E-state index is 12.3. The first-order chi connectivity index (χ1) is 8.04. The Morgan fingerprint density at radius 3 is 2.35 bits per heavy atom. The molecule has 1 aromatic rings. The van der Waals surface area contributed by atoms with E-state index in [0.717, 1.165) is 30.7 Å². The molecule has 0 heterocycles. The van der Waals surface area contributed by atoms with Gasteiger partial charge in [0.05, 0.1) is 5.56 Å². The van der Waals surface area contributed by atoms with Gasteiger partial charge in [-0.1, -0.05) is 12.1 Å². The fourth-order valence-electron chi connectivity index (χ4n) is 1.36. The lowest BCUT2D eigenvalue weighted by molar-refractivity contribution is -0.137. The second-order valence-electron chi connectivity index (χ2n) is 3.68. The highest BCUT2D eigenvalue weighted by molar-refractivity contribution is 5.24. The van der Waals surface area contributed by atoms with Crippen LogP contribution in [0.15, 0.2) is 24.3 Å². The van der Waals surface area contributed by atoms with Crippen LogP contribution in [0.2, 0.25) is 0 Å². The summed E-state index contributed by atoms with van der Waals surface area (Å²) in [6.45, 7) is 1.33. The van der Waals surface area contributed by atoms with Gasteiger partial charge in [-0.25, -0.2) is 0 Å². The molecule has 1 aromatic carbocycles. The average molecular weight is 241 g/mol. The standard InChI is InChI=1S/C13H14F3N/c1-2-3-4-9-17-10-11-5-7-12(8-6-11)13(14,15)16/h1,5-8,17H,3-4,9-10H2. The maximum atomic E-state index is 12.3. The Bertz CT molecular complexity index is 373. The predicted molar refractivity (Wildman–Crippen MR) is 61.2 cm³/mol. The number of rotatable bonds is 5. The quantitative estimate of drug-likeness (QED) is 0.616. The van der Waals surface area contributed by atoms with Crippen molar-refractivity contribution in [3.05, 3.63) is 35.4 Å². The van der Waals surface area contributed by atoms with Gasteiger partial charge in [0, 0.05) is 13.0 Å². The van der Waals surface area contributed by atoms with Crippen LogP contribution in [0.25, 0.3) is 0 Å². The van der Waals surface area contributed by atoms with Crippen LogP contribution in [0, 0.1) is 12.3 Å². The minimum absolute atomic E-state index is 0.558. The van der Waals surface area contributed by atoms with Crippen molar-refractivity contribution in [2.75, 3.05) is 6.54 Å². The molecule has 4 heteroatoms. The van der Waals surface area contributed by atoms with Gasteiger partial charge < -0.3 is 5.32 Å². The predicted octanol–water partition coefficient (Wildman–Crippen LogP) is 3.21. The molecular weight excluding hydrogens is 227 g/mol. The zero-order valence-corrected chi connectivity index (χ0v) is 9.35. The summed E-state index contributed by atoms with van der Waals surface area (Å²) in [6.07, 6.45) is 2.41. The summed E-state index contributed by atoms with van der Waals surface area (Å²) < 4.78 is 36.8. The number of halogens is 3. The minimum Gasteiger partial charge on any atom is -0.313 e. The van der Waals surface area contributed by atoms with Crippen LogP contribution < -0.4 is 5.32 Å². The SMILES string of the molecule is C#CCCCNCc1ccc(C(F)(F)F)cc1. The third-order valence-electron chi connectivity index (χ3n) is 2.29. The Kier molecular flexibility index (Phi) is 5.05. The summed E-state index contributed by atoms with van der Waals surface area (Å²) in [5, 5.41) is 3.12. The van der Waals surface area contributed by atoms with Crippen LogP contribution >= 0.6 is 0 Å². The molecule has 0 aliphatic carbocycles. The average Bonchev–Trinajstić information content (AvgIpc) is 2.28. The molecule has 1 N–H and O–H groups in total. The van der Waals surface area contributed by atoms with Gasteiger partial charge in [0.2, 0.25) is 0 Å². The largest absolute Gasteiger partial charge is 0.416 e. The topological polar surface area (TPSA) is 12.0 Å². The van der Waals surface area contributed by atoms with E-state index in [1.54, 1.807) is 0 Å². The summed E-state index contributed by atoms with van der Waals surface area (Å²) in [5.74, 6) is 2.53. The summed E-state index contributed by atoms with van der Waals surface area (Å²) in [7, 11) is 0. The van der Waals surface area contributed by atoms with Crippen molar-refractivity contribution < 1.29 is 13.2 Å². The van der Waals surface area contributed by atoms with Gasteiger partial charge in [-0.15, -0.1) is 12.3 Å². The van der Waals surface area contributed by atoms with E-state index in [1.165, 1.54) is 12.1 Å². The highest BCUT2D eigenvalue weighted by atomic mass is 19.4.